The predicted molar refractivity (Wildman–Crippen MR) is 74.8 cm³/mol. The van der Waals surface area contributed by atoms with E-state index in [4.69, 9.17) is 16.7 Å². The molecule has 0 aliphatic carbocycles. The van der Waals surface area contributed by atoms with E-state index < -0.39 is 6.03 Å². The highest BCUT2D eigenvalue weighted by Gasteiger charge is 2.15. The fourth-order valence-electron chi connectivity index (χ4n) is 1.26. The maximum absolute atomic E-state index is 11.7. The molecule has 0 bridgehead atoms. The van der Waals surface area contributed by atoms with Gasteiger partial charge in [0.15, 0.2) is 0 Å². The van der Waals surface area contributed by atoms with Gasteiger partial charge >= 0.3 is 6.03 Å². The van der Waals surface area contributed by atoms with Crippen molar-refractivity contribution in [3.8, 4) is 0 Å². The Hall–Kier alpha value is -0.850. The Morgan fingerprint density at radius 3 is 2.83 bits per heavy atom. The first-order chi connectivity index (χ1) is 8.43. The standard InChI is InChI=1S/C11H15BrClN3O2/c1-6(2)9(5-17)16-11(18)15-8-3-7(13)4-14-10(8)12/h3-4,6,9,17H,5H2,1-2H3,(H2,15,16,18)/t9-/m1/s1. The van der Waals surface area contributed by atoms with Gasteiger partial charge in [0.2, 0.25) is 0 Å². The van der Waals surface area contributed by atoms with Crippen LogP contribution in [0, 0.1) is 5.92 Å². The van der Waals surface area contributed by atoms with E-state index in [1.807, 2.05) is 13.8 Å². The number of rotatable bonds is 4. The first-order valence-corrected chi connectivity index (χ1v) is 6.60. The molecule has 1 rings (SSSR count). The Labute approximate surface area is 119 Å². The summed E-state index contributed by atoms with van der Waals surface area (Å²) in [6, 6.07) is 0.880. The number of aliphatic hydroxyl groups is 1. The zero-order chi connectivity index (χ0) is 13.7. The summed E-state index contributed by atoms with van der Waals surface area (Å²) in [6.45, 7) is 3.72. The summed E-state index contributed by atoms with van der Waals surface area (Å²) in [4.78, 5) is 15.7. The Morgan fingerprint density at radius 1 is 1.61 bits per heavy atom. The summed E-state index contributed by atoms with van der Waals surface area (Å²) >= 11 is 9.00. The molecular weight excluding hydrogens is 321 g/mol. The minimum atomic E-state index is -0.410. The summed E-state index contributed by atoms with van der Waals surface area (Å²) in [5.41, 5.74) is 0.473. The fourth-order valence-corrected chi connectivity index (χ4v) is 1.73. The molecule has 0 aromatic carbocycles. The van der Waals surface area contributed by atoms with Gasteiger partial charge in [-0.05, 0) is 27.9 Å². The minimum absolute atomic E-state index is 0.111. The number of nitrogens with one attached hydrogen (secondary N) is 2. The van der Waals surface area contributed by atoms with Crippen LogP contribution in [0.2, 0.25) is 5.02 Å². The number of urea groups is 1. The van der Waals surface area contributed by atoms with Gasteiger partial charge in [-0.3, -0.25) is 0 Å². The van der Waals surface area contributed by atoms with Gasteiger partial charge in [0.25, 0.3) is 0 Å². The fraction of sp³-hybridized carbons (Fsp3) is 0.455. The van der Waals surface area contributed by atoms with Crippen molar-refractivity contribution in [1.82, 2.24) is 10.3 Å². The van der Waals surface area contributed by atoms with Crippen LogP contribution in [0.5, 0.6) is 0 Å². The van der Waals surface area contributed by atoms with Crippen molar-refractivity contribution < 1.29 is 9.90 Å². The van der Waals surface area contributed by atoms with Crippen LogP contribution in [0.3, 0.4) is 0 Å². The van der Waals surface area contributed by atoms with Crippen LogP contribution < -0.4 is 10.6 Å². The molecule has 100 valence electrons. The molecule has 0 fully saturated rings. The number of hydrogen-bond donors (Lipinski definition) is 3. The summed E-state index contributed by atoms with van der Waals surface area (Å²) in [5.74, 6) is 0.140. The Morgan fingerprint density at radius 2 is 2.28 bits per heavy atom. The van der Waals surface area contributed by atoms with Crippen LogP contribution in [0.15, 0.2) is 16.9 Å². The van der Waals surface area contributed by atoms with Gasteiger partial charge in [-0.25, -0.2) is 9.78 Å². The Bertz CT molecular complexity index is 429. The Kier molecular flexibility index (Phi) is 5.84. The van der Waals surface area contributed by atoms with Crippen LogP contribution in [-0.4, -0.2) is 28.8 Å². The van der Waals surface area contributed by atoms with Crippen molar-refractivity contribution in [1.29, 1.82) is 0 Å². The molecule has 7 heteroatoms. The minimum Gasteiger partial charge on any atom is -0.394 e. The summed E-state index contributed by atoms with van der Waals surface area (Å²) in [5, 5.41) is 14.8. The van der Waals surface area contributed by atoms with Crippen LogP contribution >= 0.6 is 27.5 Å². The van der Waals surface area contributed by atoms with Gasteiger partial charge in [-0.2, -0.15) is 0 Å². The van der Waals surface area contributed by atoms with E-state index in [2.05, 4.69) is 31.5 Å². The van der Waals surface area contributed by atoms with Gasteiger partial charge in [-0.1, -0.05) is 25.4 Å². The van der Waals surface area contributed by atoms with Crippen molar-refractivity contribution in [2.75, 3.05) is 11.9 Å². The molecule has 1 heterocycles. The predicted octanol–water partition coefficient (Wildman–Crippen LogP) is 2.64. The molecule has 0 spiro atoms. The number of aromatic nitrogens is 1. The van der Waals surface area contributed by atoms with Gasteiger partial charge in [0.05, 0.1) is 23.4 Å². The van der Waals surface area contributed by atoms with Crippen LogP contribution in [0.4, 0.5) is 10.5 Å². The number of carbonyl (C=O) groups excluding carboxylic acids is 1. The molecule has 0 radical (unpaired) electrons. The molecule has 1 atom stereocenters. The lowest BCUT2D eigenvalue weighted by Crippen LogP contribution is -2.43. The van der Waals surface area contributed by atoms with E-state index in [1.54, 1.807) is 6.07 Å². The lowest BCUT2D eigenvalue weighted by molar-refractivity contribution is 0.204. The van der Waals surface area contributed by atoms with Gasteiger partial charge in [0.1, 0.15) is 4.60 Å². The number of pyridine rings is 1. The van der Waals surface area contributed by atoms with Crippen molar-refractivity contribution in [3.63, 3.8) is 0 Å². The molecule has 2 amide bonds. The van der Waals surface area contributed by atoms with Crippen molar-refractivity contribution in [2.24, 2.45) is 5.92 Å². The largest absolute Gasteiger partial charge is 0.394 e. The van der Waals surface area contributed by atoms with Crippen molar-refractivity contribution >= 4 is 39.2 Å². The molecule has 0 saturated heterocycles. The molecule has 1 aromatic rings. The molecule has 1 aromatic heterocycles. The number of anilines is 1. The lowest BCUT2D eigenvalue weighted by atomic mass is 10.1. The average molecular weight is 337 g/mol. The van der Waals surface area contributed by atoms with Crippen LogP contribution in [-0.2, 0) is 0 Å². The number of nitrogens with zero attached hydrogens (tertiary/aromatic N) is 1. The highest BCUT2D eigenvalue weighted by molar-refractivity contribution is 9.10. The number of aliphatic hydroxyl groups excluding tert-OH is 1. The molecule has 0 unspecified atom stereocenters. The monoisotopic (exact) mass is 335 g/mol. The van der Waals surface area contributed by atoms with Crippen LogP contribution in [0.1, 0.15) is 13.8 Å². The van der Waals surface area contributed by atoms with E-state index in [1.165, 1.54) is 6.20 Å². The second-order valence-corrected chi connectivity index (χ2v) is 5.31. The summed E-state index contributed by atoms with van der Waals surface area (Å²) in [7, 11) is 0. The van der Waals surface area contributed by atoms with E-state index in [9.17, 15) is 4.79 Å². The molecule has 0 aliphatic heterocycles. The normalized spacial score (nSPS) is 12.3. The number of hydrogen-bond acceptors (Lipinski definition) is 3. The van der Waals surface area contributed by atoms with Gasteiger partial charge < -0.3 is 15.7 Å². The highest BCUT2D eigenvalue weighted by Crippen LogP contribution is 2.22. The third-order valence-electron chi connectivity index (χ3n) is 2.37. The molecule has 3 N–H and O–H groups in total. The zero-order valence-electron chi connectivity index (χ0n) is 10.1. The average Bonchev–Trinajstić information content (AvgIpc) is 2.30. The number of amides is 2. The quantitative estimate of drug-likeness (QED) is 0.740. The first kappa shape index (κ1) is 15.2. The molecular formula is C11H15BrClN3O2. The summed E-state index contributed by atoms with van der Waals surface area (Å²) < 4.78 is 0.493. The second kappa shape index (κ2) is 6.92. The molecule has 18 heavy (non-hydrogen) atoms. The SMILES string of the molecule is CC(C)[C@@H](CO)NC(=O)Nc1cc(Cl)cnc1Br. The second-order valence-electron chi connectivity index (χ2n) is 4.12. The van der Waals surface area contributed by atoms with Crippen molar-refractivity contribution in [2.45, 2.75) is 19.9 Å². The smallest absolute Gasteiger partial charge is 0.319 e. The maximum Gasteiger partial charge on any atom is 0.319 e. The lowest BCUT2D eigenvalue weighted by Gasteiger charge is -2.20. The van der Waals surface area contributed by atoms with E-state index in [-0.39, 0.29) is 18.6 Å². The maximum atomic E-state index is 11.7. The van der Waals surface area contributed by atoms with Gasteiger partial charge in [0, 0.05) is 6.20 Å². The molecule has 0 saturated carbocycles. The molecule has 0 aliphatic rings. The first-order valence-electron chi connectivity index (χ1n) is 5.43. The Balaban J connectivity index is 2.67. The van der Waals surface area contributed by atoms with E-state index >= 15 is 0 Å². The zero-order valence-corrected chi connectivity index (χ0v) is 12.4. The van der Waals surface area contributed by atoms with E-state index in [0.717, 1.165) is 0 Å². The van der Waals surface area contributed by atoms with Gasteiger partial charge in [-0.15, -0.1) is 0 Å². The van der Waals surface area contributed by atoms with Crippen molar-refractivity contribution in [3.05, 3.63) is 21.9 Å². The molecule has 5 nitrogen and oxygen atoms in total. The third-order valence-corrected chi connectivity index (χ3v) is 3.21. The highest BCUT2D eigenvalue weighted by atomic mass is 79.9. The van der Waals surface area contributed by atoms with Crippen LogP contribution in [0.25, 0.3) is 0 Å². The third kappa shape index (κ3) is 4.44. The summed E-state index contributed by atoms with van der Waals surface area (Å²) in [6.07, 6.45) is 1.47. The van der Waals surface area contributed by atoms with E-state index in [0.29, 0.717) is 15.3 Å². The topological polar surface area (TPSA) is 74.2 Å². The number of halogens is 2. The number of carbonyl (C=O) groups is 1.